The fraction of sp³-hybridized carbons (Fsp3) is 0. The van der Waals surface area contributed by atoms with Gasteiger partial charge in [0.15, 0.2) is 17.5 Å². The zero-order valence-electron chi connectivity index (χ0n) is 23.8. The van der Waals surface area contributed by atoms with E-state index in [9.17, 15) is 0 Å². The van der Waals surface area contributed by atoms with Crippen LogP contribution in [-0.4, -0.2) is 19.9 Å². The average molecular weight is 563 g/mol. The van der Waals surface area contributed by atoms with E-state index in [1.54, 1.807) is 0 Å². The highest BCUT2D eigenvalue weighted by Crippen LogP contribution is 2.32. The Morgan fingerprint density at radius 2 is 0.841 bits per heavy atom. The van der Waals surface area contributed by atoms with E-state index in [4.69, 9.17) is 15.0 Å². The van der Waals surface area contributed by atoms with E-state index in [0.717, 1.165) is 49.8 Å². The Morgan fingerprint density at radius 1 is 0.318 bits per heavy atom. The van der Waals surface area contributed by atoms with Crippen molar-refractivity contribution < 1.29 is 0 Å². The highest BCUT2D eigenvalue weighted by atomic mass is 15.0. The van der Waals surface area contributed by atoms with E-state index in [-0.39, 0.29) is 0 Å². The lowest BCUT2D eigenvalue weighted by atomic mass is 9.96. The molecule has 0 unspecified atom stereocenters. The fourth-order valence-corrected chi connectivity index (χ4v) is 5.68. The first-order chi connectivity index (χ1) is 21.8. The van der Waals surface area contributed by atoms with Gasteiger partial charge in [-0.2, -0.15) is 0 Å². The van der Waals surface area contributed by atoms with E-state index < -0.39 is 0 Å². The first-order valence-electron chi connectivity index (χ1n) is 14.6. The molecule has 0 radical (unpaired) electrons. The molecule has 0 atom stereocenters. The van der Waals surface area contributed by atoms with Gasteiger partial charge in [-0.3, -0.25) is 4.98 Å². The third kappa shape index (κ3) is 4.89. The molecule has 44 heavy (non-hydrogen) atoms. The number of pyridine rings is 1. The summed E-state index contributed by atoms with van der Waals surface area (Å²) in [4.78, 5) is 19.2. The van der Waals surface area contributed by atoms with E-state index >= 15 is 0 Å². The van der Waals surface area contributed by atoms with Crippen LogP contribution in [0.3, 0.4) is 0 Å². The molecule has 0 fully saturated rings. The summed E-state index contributed by atoms with van der Waals surface area (Å²) in [6.07, 6.45) is 1.86. The van der Waals surface area contributed by atoms with Crippen molar-refractivity contribution in [1.82, 2.24) is 19.9 Å². The van der Waals surface area contributed by atoms with Gasteiger partial charge in [0.05, 0.1) is 5.52 Å². The van der Waals surface area contributed by atoms with Crippen molar-refractivity contribution in [3.63, 3.8) is 0 Å². The second-order valence-corrected chi connectivity index (χ2v) is 10.8. The van der Waals surface area contributed by atoms with Crippen LogP contribution in [0.25, 0.3) is 78.1 Å². The number of aromatic nitrogens is 4. The zero-order valence-corrected chi connectivity index (χ0v) is 23.8. The van der Waals surface area contributed by atoms with Crippen LogP contribution in [0.2, 0.25) is 0 Å². The van der Waals surface area contributed by atoms with E-state index in [1.165, 1.54) is 10.8 Å². The third-order valence-corrected chi connectivity index (χ3v) is 7.96. The molecular formula is C40H26N4. The minimum Gasteiger partial charge on any atom is -0.256 e. The normalized spacial score (nSPS) is 11.2. The molecule has 0 N–H and O–H groups in total. The summed E-state index contributed by atoms with van der Waals surface area (Å²) in [5.74, 6) is 1.96. The number of nitrogens with zero attached hydrogens (tertiary/aromatic N) is 4. The lowest BCUT2D eigenvalue weighted by molar-refractivity contribution is 1.07. The third-order valence-electron chi connectivity index (χ3n) is 7.96. The van der Waals surface area contributed by atoms with Crippen molar-refractivity contribution >= 4 is 21.7 Å². The number of hydrogen-bond donors (Lipinski definition) is 0. The summed E-state index contributed by atoms with van der Waals surface area (Å²) in [5.41, 5.74) is 8.47. The Balaban J connectivity index is 1.16. The van der Waals surface area contributed by atoms with Crippen LogP contribution in [-0.2, 0) is 0 Å². The van der Waals surface area contributed by atoms with Gasteiger partial charge in [0.2, 0.25) is 0 Å². The highest BCUT2D eigenvalue weighted by molar-refractivity contribution is 5.97. The van der Waals surface area contributed by atoms with Gasteiger partial charge in [-0.05, 0) is 45.7 Å². The molecular weight excluding hydrogens is 536 g/mol. The number of hydrogen-bond acceptors (Lipinski definition) is 4. The molecule has 0 bridgehead atoms. The Labute approximate surface area is 255 Å². The molecule has 4 heteroatoms. The molecule has 206 valence electrons. The second-order valence-electron chi connectivity index (χ2n) is 10.8. The molecule has 4 nitrogen and oxygen atoms in total. The SMILES string of the molecule is c1ccc(-c2nc(-c3ccccc3)nc(-c3ccc(-c4ccc5ccc(-c6cccc7cccnc67)cc5c4)cc3)n2)cc1. The predicted molar refractivity (Wildman–Crippen MR) is 180 cm³/mol. The van der Waals surface area contributed by atoms with Crippen LogP contribution in [0.1, 0.15) is 0 Å². The lowest BCUT2D eigenvalue weighted by Crippen LogP contribution is -2.00. The first kappa shape index (κ1) is 25.7. The fourth-order valence-electron chi connectivity index (χ4n) is 5.68. The molecule has 0 spiro atoms. The molecule has 0 aliphatic carbocycles. The van der Waals surface area contributed by atoms with Crippen molar-refractivity contribution in [1.29, 1.82) is 0 Å². The molecule has 2 heterocycles. The number of fused-ring (bicyclic) bond motifs is 2. The summed E-state index contributed by atoms with van der Waals surface area (Å²) < 4.78 is 0. The first-order valence-corrected chi connectivity index (χ1v) is 14.6. The quantitative estimate of drug-likeness (QED) is 0.209. The van der Waals surface area contributed by atoms with Crippen LogP contribution in [0.4, 0.5) is 0 Å². The summed E-state index contributed by atoms with van der Waals surface area (Å²) in [5, 5.41) is 3.53. The van der Waals surface area contributed by atoms with Crippen molar-refractivity contribution in [2.75, 3.05) is 0 Å². The number of para-hydroxylation sites is 1. The maximum atomic E-state index is 4.88. The Morgan fingerprint density at radius 3 is 1.50 bits per heavy atom. The van der Waals surface area contributed by atoms with Crippen LogP contribution < -0.4 is 0 Å². The summed E-state index contributed by atoms with van der Waals surface area (Å²) in [7, 11) is 0. The standard InChI is InChI=1S/C40H26N4/c1-3-9-30(10-4-1)38-42-39(31-11-5-2-6-12-31)44-40(43-38)32-20-16-27(17-21-32)33-22-18-28-19-23-34(26-35(28)25-33)36-15-7-13-29-14-8-24-41-37(29)36/h1-26H. The largest absolute Gasteiger partial charge is 0.256 e. The number of rotatable bonds is 5. The second kappa shape index (κ2) is 11.0. The van der Waals surface area contributed by atoms with Crippen LogP contribution in [0.15, 0.2) is 158 Å². The summed E-state index contributed by atoms with van der Waals surface area (Å²) >= 11 is 0. The maximum absolute atomic E-state index is 4.88. The van der Waals surface area contributed by atoms with Gasteiger partial charge < -0.3 is 0 Å². The zero-order chi connectivity index (χ0) is 29.3. The van der Waals surface area contributed by atoms with Crippen LogP contribution in [0, 0.1) is 0 Å². The Kier molecular flexibility index (Phi) is 6.43. The molecule has 6 aromatic carbocycles. The average Bonchev–Trinajstić information content (AvgIpc) is 3.11. The topological polar surface area (TPSA) is 51.6 Å². The van der Waals surface area contributed by atoms with Crippen molar-refractivity contribution in [2.45, 2.75) is 0 Å². The van der Waals surface area contributed by atoms with Crippen LogP contribution in [0.5, 0.6) is 0 Å². The van der Waals surface area contributed by atoms with Crippen molar-refractivity contribution in [3.05, 3.63) is 158 Å². The number of benzene rings is 6. The van der Waals surface area contributed by atoms with Gasteiger partial charge in [-0.25, -0.2) is 15.0 Å². The van der Waals surface area contributed by atoms with Crippen molar-refractivity contribution in [2.24, 2.45) is 0 Å². The molecule has 2 aromatic heterocycles. The molecule has 0 saturated carbocycles. The minimum atomic E-state index is 0.649. The molecule has 0 aliphatic rings. The molecule has 0 amide bonds. The Hall–Kier alpha value is -6.00. The monoisotopic (exact) mass is 562 g/mol. The van der Waals surface area contributed by atoms with Gasteiger partial charge in [0.25, 0.3) is 0 Å². The van der Waals surface area contributed by atoms with Crippen molar-refractivity contribution in [3.8, 4) is 56.4 Å². The van der Waals surface area contributed by atoms with E-state index in [2.05, 4.69) is 89.9 Å². The summed E-state index contributed by atoms with van der Waals surface area (Å²) in [6, 6.07) is 52.3. The van der Waals surface area contributed by atoms with E-state index in [1.807, 2.05) is 72.9 Å². The van der Waals surface area contributed by atoms with Gasteiger partial charge >= 0.3 is 0 Å². The molecule has 0 saturated heterocycles. The molecule has 8 rings (SSSR count). The van der Waals surface area contributed by atoms with Crippen LogP contribution >= 0.6 is 0 Å². The van der Waals surface area contributed by atoms with E-state index in [0.29, 0.717) is 17.5 Å². The minimum absolute atomic E-state index is 0.649. The highest BCUT2D eigenvalue weighted by Gasteiger charge is 2.13. The lowest BCUT2D eigenvalue weighted by Gasteiger charge is -2.10. The van der Waals surface area contributed by atoms with Gasteiger partial charge in [-0.15, -0.1) is 0 Å². The maximum Gasteiger partial charge on any atom is 0.164 e. The van der Waals surface area contributed by atoms with Gasteiger partial charge in [0.1, 0.15) is 0 Å². The van der Waals surface area contributed by atoms with Gasteiger partial charge in [-0.1, -0.05) is 133 Å². The molecule has 0 aliphatic heterocycles. The smallest absolute Gasteiger partial charge is 0.164 e. The summed E-state index contributed by atoms with van der Waals surface area (Å²) in [6.45, 7) is 0. The Bertz CT molecular complexity index is 2200. The predicted octanol–water partition coefficient (Wildman–Crippen LogP) is 9.91. The molecule has 8 aromatic rings. The van der Waals surface area contributed by atoms with Gasteiger partial charge in [0, 0.05) is 33.8 Å².